The van der Waals surface area contributed by atoms with Gasteiger partial charge in [-0.1, -0.05) is 35.6 Å². The molecular weight excluding hydrogens is 339 g/mol. The number of rotatable bonds is 5. The first-order valence-corrected chi connectivity index (χ1v) is 8.67. The van der Waals surface area contributed by atoms with Gasteiger partial charge in [-0.15, -0.1) is 0 Å². The minimum Gasteiger partial charge on any atom is -0.336 e. The molecule has 1 unspecified atom stereocenters. The Bertz CT molecular complexity index is 847. The topological polar surface area (TPSA) is 57.3 Å². The smallest absolute Gasteiger partial charge is 0.321 e. The lowest BCUT2D eigenvalue weighted by atomic mass is 10.1. The zero-order valence-electron chi connectivity index (χ0n) is 14.0. The second-order valence-corrected chi connectivity index (χ2v) is 6.89. The number of likely N-dealkylation sites (N-methyl/N-ethyl adjacent to an activating group) is 1. The molecule has 0 bridgehead atoms. The quantitative estimate of drug-likeness (QED) is 0.728. The summed E-state index contributed by atoms with van der Waals surface area (Å²) in [5.41, 5.74) is 1.67. The number of carbonyl (C=O) groups excluding carboxylic acids is 1. The fourth-order valence-electron chi connectivity index (χ4n) is 2.57. The monoisotopic (exact) mass is 358 g/mol. The Morgan fingerprint density at radius 1 is 1.24 bits per heavy atom. The average molecular weight is 358 g/mol. The molecule has 5 nitrogen and oxygen atoms in total. The summed E-state index contributed by atoms with van der Waals surface area (Å²) < 4.78 is 14.5. The molecule has 0 fully saturated rings. The van der Waals surface area contributed by atoms with E-state index in [-0.39, 0.29) is 17.9 Å². The summed E-state index contributed by atoms with van der Waals surface area (Å²) in [7, 11) is 3.78. The SMILES string of the molecule is CN(C)C(CNC(=O)Nc1nc2ccccc2s1)c1cccc(F)c1. The molecule has 2 N–H and O–H groups in total. The molecule has 3 rings (SSSR count). The van der Waals surface area contributed by atoms with E-state index >= 15 is 0 Å². The summed E-state index contributed by atoms with van der Waals surface area (Å²) in [4.78, 5) is 18.5. The van der Waals surface area contributed by atoms with Gasteiger partial charge in [-0.05, 0) is 43.9 Å². The molecule has 0 aliphatic rings. The molecule has 1 atom stereocenters. The van der Waals surface area contributed by atoms with Crippen LogP contribution in [0.25, 0.3) is 10.2 Å². The van der Waals surface area contributed by atoms with Gasteiger partial charge >= 0.3 is 6.03 Å². The molecule has 130 valence electrons. The highest BCUT2D eigenvalue weighted by Gasteiger charge is 2.16. The molecule has 0 radical (unpaired) electrons. The van der Waals surface area contributed by atoms with Crippen molar-refractivity contribution < 1.29 is 9.18 Å². The number of hydrogen-bond donors (Lipinski definition) is 2. The third-order valence-electron chi connectivity index (χ3n) is 3.83. The number of amides is 2. The van der Waals surface area contributed by atoms with E-state index in [9.17, 15) is 9.18 Å². The number of urea groups is 1. The summed E-state index contributed by atoms with van der Waals surface area (Å²) in [5, 5.41) is 6.13. The first kappa shape index (κ1) is 17.3. The first-order chi connectivity index (χ1) is 12.0. The van der Waals surface area contributed by atoms with Gasteiger partial charge in [-0.25, -0.2) is 14.2 Å². The molecule has 2 aromatic carbocycles. The maximum atomic E-state index is 13.5. The number of thiazole rings is 1. The molecule has 0 saturated carbocycles. The molecule has 0 aliphatic carbocycles. The first-order valence-electron chi connectivity index (χ1n) is 7.85. The van der Waals surface area contributed by atoms with E-state index in [0.29, 0.717) is 11.7 Å². The van der Waals surface area contributed by atoms with Crippen LogP contribution in [0.3, 0.4) is 0 Å². The highest BCUT2D eigenvalue weighted by molar-refractivity contribution is 7.22. The lowest BCUT2D eigenvalue weighted by Gasteiger charge is -2.25. The third kappa shape index (κ3) is 4.32. The van der Waals surface area contributed by atoms with Crippen LogP contribution in [0, 0.1) is 5.82 Å². The van der Waals surface area contributed by atoms with Gasteiger partial charge in [-0.3, -0.25) is 5.32 Å². The van der Waals surface area contributed by atoms with Crippen LogP contribution in [0.15, 0.2) is 48.5 Å². The lowest BCUT2D eigenvalue weighted by Crippen LogP contribution is -2.36. The Labute approximate surface area is 149 Å². The summed E-state index contributed by atoms with van der Waals surface area (Å²) >= 11 is 1.42. The highest BCUT2D eigenvalue weighted by Crippen LogP contribution is 2.25. The lowest BCUT2D eigenvalue weighted by molar-refractivity contribution is 0.243. The van der Waals surface area contributed by atoms with Gasteiger partial charge in [-0.2, -0.15) is 0 Å². The van der Waals surface area contributed by atoms with Crippen molar-refractivity contribution in [1.29, 1.82) is 0 Å². The maximum absolute atomic E-state index is 13.5. The maximum Gasteiger partial charge on any atom is 0.321 e. The van der Waals surface area contributed by atoms with Crippen LogP contribution in [0.1, 0.15) is 11.6 Å². The van der Waals surface area contributed by atoms with E-state index in [4.69, 9.17) is 0 Å². The van der Waals surface area contributed by atoms with Crippen LogP contribution in [-0.4, -0.2) is 36.6 Å². The standard InChI is InChI=1S/C18H19FN4OS/c1-23(2)15(12-6-5-7-13(19)10-12)11-20-17(24)22-18-21-14-8-3-4-9-16(14)25-18/h3-10,15H,11H2,1-2H3,(H2,20,21,22,24). The van der Waals surface area contributed by atoms with Gasteiger partial charge in [0.15, 0.2) is 5.13 Å². The number of fused-ring (bicyclic) bond motifs is 1. The number of hydrogen-bond acceptors (Lipinski definition) is 4. The van der Waals surface area contributed by atoms with Gasteiger partial charge in [0.05, 0.1) is 16.3 Å². The van der Waals surface area contributed by atoms with Crippen LogP contribution in [0.2, 0.25) is 0 Å². The van der Waals surface area contributed by atoms with Gasteiger partial charge < -0.3 is 10.2 Å². The van der Waals surface area contributed by atoms with Gasteiger partial charge in [0.1, 0.15) is 5.82 Å². The summed E-state index contributed by atoms with van der Waals surface area (Å²) in [6.07, 6.45) is 0. The predicted octanol–water partition coefficient (Wildman–Crippen LogP) is 3.86. The van der Waals surface area contributed by atoms with Gasteiger partial charge in [0.25, 0.3) is 0 Å². The molecule has 0 saturated heterocycles. The van der Waals surface area contributed by atoms with E-state index in [1.807, 2.05) is 49.3 Å². The average Bonchev–Trinajstić information content (AvgIpc) is 2.96. The van der Waals surface area contributed by atoms with E-state index in [1.165, 1.54) is 23.5 Å². The van der Waals surface area contributed by atoms with Crippen molar-refractivity contribution in [3.05, 3.63) is 59.9 Å². The van der Waals surface area contributed by atoms with Crippen LogP contribution >= 0.6 is 11.3 Å². The predicted molar refractivity (Wildman–Crippen MR) is 99.5 cm³/mol. The molecular formula is C18H19FN4OS. The van der Waals surface area contributed by atoms with Crippen LogP contribution in [0.5, 0.6) is 0 Å². The van der Waals surface area contributed by atoms with Crippen molar-refractivity contribution in [2.24, 2.45) is 0 Å². The molecule has 1 aromatic heterocycles. The zero-order chi connectivity index (χ0) is 17.8. The Kier molecular flexibility index (Phi) is 5.25. The summed E-state index contributed by atoms with van der Waals surface area (Å²) in [6.45, 7) is 0.354. The second-order valence-electron chi connectivity index (χ2n) is 5.86. The number of benzene rings is 2. The van der Waals surface area contributed by atoms with E-state index < -0.39 is 0 Å². The largest absolute Gasteiger partial charge is 0.336 e. The van der Waals surface area contributed by atoms with Crippen LogP contribution in [-0.2, 0) is 0 Å². The van der Waals surface area contributed by atoms with Crippen molar-refractivity contribution in [1.82, 2.24) is 15.2 Å². The van der Waals surface area contributed by atoms with E-state index in [0.717, 1.165) is 15.8 Å². The van der Waals surface area contributed by atoms with Crippen molar-refractivity contribution >= 4 is 32.7 Å². The molecule has 1 heterocycles. The number of nitrogens with one attached hydrogen (secondary N) is 2. The molecule has 0 aliphatic heterocycles. The normalized spacial score (nSPS) is 12.3. The highest BCUT2D eigenvalue weighted by atomic mass is 32.1. The number of anilines is 1. The Balaban J connectivity index is 1.63. The van der Waals surface area contributed by atoms with Gasteiger partial charge in [0, 0.05) is 6.54 Å². The van der Waals surface area contributed by atoms with Crippen molar-refractivity contribution in [2.45, 2.75) is 6.04 Å². The zero-order valence-corrected chi connectivity index (χ0v) is 14.8. The second kappa shape index (κ2) is 7.58. The molecule has 2 amide bonds. The van der Waals surface area contributed by atoms with Crippen LogP contribution in [0.4, 0.5) is 14.3 Å². The van der Waals surface area contributed by atoms with E-state index in [1.54, 1.807) is 6.07 Å². The fourth-order valence-corrected chi connectivity index (χ4v) is 3.43. The molecule has 3 aromatic rings. The fraction of sp³-hybridized carbons (Fsp3) is 0.222. The Morgan fingerprint density at radius 3 is 2.76 bits per heavy atom. The van der Waals surface area contributed by atoms with Gasteiger partial charge in [0.2, 0.25) is 0 Å². The minimum atomic E-state index is -0.331. The minimum absolute atomic E-state index is 0.128. The molecule has 7 heteroatoms. The molecule has 0 spiro atoms. The third-order valence-corrected chi connectivity index (χ3v) is 4.78. The van der Waals surface area contributed by atoms with Crippen LogP contribution < -0.4 is 10.6 Å². The number of para-hydroxylation sites is 1. The summed E-state index contributed by atoms with van der Waals surface area (Å²) in [5.74, 6) is -0.289. The molecule has 25 heavy (non-hydrogen) atoms. The summed E-state index contributed by atoms with van der Waals surface area (Å²) in [6, 6.07) is 13.7. The number of nitrogens with zero attached hydrogens (tertiary/aromatic N) is 2. The number of aromatic nitrogens is 1. The number of halogens is 1. The van der Waals surface area contributed by atoms with Crippen molar-refractivity contribution in [2.75, 3.05) is 26.0 Å². The number of carbonyl (C=O) groups is 1. The van der Waals surface area contributed by atoms with Crippen molar-refractivity contribution in [3.8, 4) is 0 Å². The Hall–Kier alpha value is -2.51. The van der Waals surface area contributed by atoms with E-state index in [2.05, 4.69) is 15.6 Å². The van der Waals surface area contributed by atoms with Crippen molar-refractivity contribution in [3.63, 3.8) is 0 Å². The Morgan fingerprint density at radius 2 is 2.04 bits per heavy atom.